The number of fused-ring (bicyclic) bond motifs is 1. The Labute approximate surface area is 123 Å². The van der Waals surface area contributed by atoms with Crippen LogP contribution in [0, 0.1) is 11.6 Å². The van der Waals surface area contributed by atoms with Gasteiger partial charge in [0.1, 0.15) is 5.82 Å². The standard InChI is InChI=1S/C17H17F2NO/c1-20-9-12-7-13(18)4-5-14(12)15(10-20)11-3-6-17(21-2)16(19)8-11/h3-8,15H,9-10H2,1-2H3. The maximum atomic E-state index is 13.9. The van der Waals surface area contributed by atoms with E-state index in [1.165, 1.54) is 19.2 Å². The summed E-state index contributed by atoms with van der Waals surface area (Å²) in [6, 6.07) is 9.87. The third-order valence-electron chi connectivity index (χ3n) is 3.99. The molecule has 2 aromatic rings. The predicted molar refractivity (Wildman–Crippen MR) is 77.5 cm³/mol. The lowest BCUT2D eigenvalue weighted by molar-refractivity contribution is 0.294. The van der Waals surface area contributed by atoms with Gasteiger partial charge in [-0.15, -0.1) is 0 Å². The maximum absolute atomic E-state index is 13.9. The topological polar surface area (TPSA) is 12.5 Å². The van der Waals surface area contributed by atoms with E-state index in [1.807, 2.05) is 19.2 Å². The fourth-order valence-electron chi connectivity index (χ4n) is 3.00. The molecule has 2 nitrogen and oxygen atoms in total. The van der Waals surface area contributed by atoms with E-state index in [2.05, 4.69) is 4.90 Å². The van der Waals surface area contributed by atoms with E-state index in [9.17, 15) is 8.78 Å². The summed E-state index contributed by atoms with van der Waals surface area (Å²) >= 11 is 0. The second kappa shape index (κ2) is 5.45. The fourth-order valence-corrected chi connectivity index (χ4v) is 3.00. The minimum atomic E-state index is -0.369. The average molecular weight is 289 g/mol. The second-order valence-electron chi connectivity index (χ2n) is 5.49. The predicted octanol–water partition coefficient (Wildman–Crippen LogP) is 3.55. The molecule has 1 heterocycles. The van der Waals surface area contributed by atoms with Gasteiger partial charge in [0, 0.05) is 19.0 Å². The SMILES string of the molecule is COc1ccc(C2CN(C)Cc3cc(F)ccc32)cc1F. The Morgan fingerprint density at radius 3 is 2.67 bits per heavy atom. The van der Waals surface area contributed by atoms with Crippen LogP contribution in [-0.4, -0.2) is 25.6 Å². The number of ether oxygens (including phenoxy) is 1. The molecule has 0 bridgehead atoms. The molecular formula is C17H17F2NO. The van der Waals surface area contributed by atoms with Gasteiger partial charge in [-0.25, -0.2) is 8.78 Å². The molecule has 1 aliphatic rings. The molecule has 1 aliphatic heterocycles. The number of hydrogen-bond donors (Lipinski definition) is 0. The van der Waals surface area contributed by atoms with E-state index < -0.39 is 0 Å². The van der Waals surface area contributed by atoms with Crippen molar-refractivity contribution in [3.63, 3.8) is 0 Å². The fraction of sp³-hybridized carbons (Fsp3) is 0.294. The highest BCUT2D eigenvalue weighted by Gasteiger charge is 2.25. The highest BCUT2D eigenvalue weighted by Crippen LogP contribution is 2.34. The van der Waals surface area contributed by atoms with Crippen molar-refractivity contribution in [2.75, 3.05) is 20.7 Å². The molecule has 0 aromatic heterocycles. The first-order chi connectivity index (χ1) is 10.1. The van der Waals surface area contributed by atoms with E-state index >= 15 is 0 Å². The van der Waals surface area contributed by atoms with Crippen LogP contribution in [-0.2, 0) is 6.54 Å². The molecule has 0 saturated carbocycles. The molecule has 0 N–H and O–H groups in total. The van der Waals surface area contributed by atoms with Crippen LogP contribution in [0.1, 0.15) is 22.6 Å². The summed E-state index contributed by atoms with van der Waals surface area (Å²) in [6.07, 6.45) is 0. The number of hydrogen-bond acceptors (Lipinski definition) is 2. The van der Waals surface area contributed by atoms with Gasteiger partial charge in [0.15, 0.2) is 11.6 Å². The molecule has 2 aromatic carbocycles. The van der Waals surface area contributed by atoms with Gasteiger partial charge in [0.25, 0.3) is 0 Å². The highest BCUT2D eigenvalue weighted by atomic mass is 19.1. The summed E-state index contributed by atoms with van der Waals surface area (Å²) in [5, 5.41) is 0. The molecule has 0 spiro atoms. The van der Waals surface area contributed by atoms with Crippen molar-refractivity contribution in [1.29, 1.82) is 0 Å². The van der Waals surface area contributed by atoms with Gasteiger partial charge in [0.05, 0.1) is 7.11 Å². The van der Waals surface area contributed by atoms with Gasteiger partial charge < -0.3 is 9.64 Å². The number of halogens is 2. The van der Waals surface area contributed by atoms with E-state index in [4.69, 9.17) is 4.74 Å². The number of methoxy groups -OCH3 is 1. The van der Waals surface area contributed by atoms with E-state index in [-0.39, 0.29) is 23.3 Å². The lowest BCUT2D eigenvalue weighted by Gasteiger charge is -2.32. The molecule has 1 atom stereocenters. The van der Waals surface area contributed by atoms with E-state index in [0.717, 1.165) is 23.2 Å². The average Bonchev–Trinajstić information content (AvgIpc) is 2.45. The van der Waals surface area contributed by atoms with Crippen molar-refractivity contribution in [3.05, 3.63) is 64.7 Å². The van der Waals surface area contributed by atoms with Crippen LogP contribution < -0.4 is 4.74 Å². The van der Waals surface area contributed by atoms with Gasteiger partial charge in [0.2, 0.25) is 0 Å². The Balaban J connectivity index is 2.05. The van der Waals surface area contributed by atoms with Crippen LogP contribution in [0.3, 0.4) is 0 Å². The van der Waals surface area contributed by atoms with Crippen LogP contribution in [0.15, 0.2) is 36.4 Å². The maximum Gasteiger partial charge on any atom is 0.165 e. The minimum absolute atomic E-state index is 0.0414. The van der Waals surface area contributed by atoms with Gasteiger partial charge in [-0.05, 0) is 48.0 Å². The minimum Gasteiger partial charge on any atom is -0.494 e. The summed E-state index contributed by atoms with van der Waals surface area (Å²) in [6.45, 7) is 1.49. The van der Waals surface area contributed by atoms with Crippen LogP contribution in [0.2, 0.25) is 0 Å². The van der Waals surface area contributed by atoms with Crippen LogP contribution in [0.4, 0.5) is 8.78 Å². The number of benzene rings is 2. The molecule has 0 radical (unpaired) electrons. The monoisotopic (exact) mass is 289 g/mol. The number of nitrogens with zero attached hydrogens (tertiary/aromatic N) is 1. The first kappa shape index (κ1) is 14.0. The van der Waals surface area contributed by atoms with E-state index in [0.29, 0.717) is 6.54 Å². The third kappa shape index (κ3) is 2.63. The molecule has 4 heteroatoms. The first-order valence-electron chi connectivity index (χ1n) is 6.89. The van der Waals surface area contributed by atoms with Crippen molar-refractivity contribution in [2.45, 2.75) is 12.5 Å². The molecule has 110 valence electrons. The summed E-state index contributed by atoms with van der Waals surface area (Å²) in [5.74, 6) is -0.322. The molecule has 3 rings (SSSR count). The second-order valence-corrected chi connectivity index (χ2v) is 5.49. The van der Waals surface area contributed by atoms with Gasteiger partial charge in [-0.2, -0.15) is 0 Å². The van der Waals surface area contributed by atoms with Crippen molar-refractivity contribution in [2.24, 2.45) is 0 Å². The molecule has 0 fully saturated rings. The molecule has 1 unspecified atom stereocenters. The molecule has 0 aliphatic carbocycles. The van der Waals surface area contributed by atoms with Crippen LogP contribution in [0.25, 0.3) is 0 Å². The Morgan fingerprint density at radius 2 is 1.95 bits per heavy atom. The van der Waals surface area contributed by atoms with E-state index in [1.54, 1.807) is 12.1 Å². The van der Waals surface area contributed by atoms with Crippen molar-refractivity contribution < 1.29 is 13.5 Å². The summed E-state index contributed by atoms with van der Waals surface area (Å²) in [4.78, 5) is 2.12. The number of rotatable bonds is 2. The van der Waals surface area contributed by atoms with Crippen LogP contribution >= 0.6 is 0 Å². The Kier molecular flexibility index (Phi) is 3.64. The zero-order valence-electron chi connectivity index (χ0n) is 12.1. The molecule has 21 heavy (non-hydrogen) atoms. The van der Waals surface area contributed by atoms with Crippen LogP contribution in [0.5, 0.6) is 5.75 Å². The Hall–Kier alpha value is -1.94. The quantitative estimate of drug-likeness (QED) is 0.838. The third-order valence-corrected chi connectivity index (χ3v) is 3.99. The van der Waals surface area contributed by atoms with Gasteiger partial charge >= 0.3 is 0 Å². The van der Waals surface area contributed by atoms with Crippen molar-refractivity contribution >= 4 is 0 Å². The number of likely N-dealkylation sites (N-methyl/N-ethyl adjacent to an activating group) is 1. The first-order valence-corrected chi connectivity index (χ1v) is 6.89. The summed E-state index contributed by atoms with van der Waals surface area (Å²) in [7, 11) is 3.44. The Morgan fingerprint density at radius 1 is 1.14 bits per heavy atom. The summed E-state index contributed by atoms with van der Waals surface area (Å²) in [5.41, 5.74) is 2.91. The highest BCUT2D eigenvalue weighted by molar-refractivity contribution is 5.42. The molecule has 0 amide bonds. The normalized spacial score (nSPS) is 18.4. The zero-order chi connectivity index (χ0) is 15.0. The summed E-state index contributed by atoms with van der Waals surface area (Å²) < 4.78 is 32.3. The largest absolute Gasteiger partial charge is 0.494 e. The lowest BCUT2D eigenvalue weighted by Crippen LogP contribution is -2.31. The van der Waals surface area contributed by atoms with Gasteiger partial charge in [-0.1, -0.05) is 12.1 Å². The smallest absolute Gasteiger partial charge is 0.165 e. The molecular weight excluding hydrogens is 272 g/mol. The Bertz CT molecular complexity index is 672. The lowest BCUT2D eigenvalue weighted by atomic mass is 9.84. The van der Waals surface area contributed by atoms with Gasteiger partial charge in [-0.3, -0.25) is 0 Å². The molecule has 0 saturated heterocycles. The van der Waals surface area contributed by atoms with Crippen molar-refractivity contribution in [3.8, 4) is 5.75 Å². The van der Waals surface area contributed by atoms with Crippen molar-refractivity contribution in [1.82, 2.24) is 4.90 Å². The zero-order valence-corrected chi connectivity index (χ0v) is 12.1.